The second kappa shape index (κ2) is 5.43. The lowest BCUT2D eigenvalue weighted by Gasteiger charge is -2.16. The molecular weight excluding hydrogens is 256 g/mol. The van der Waals surface area contributed by atoms with E-state index in [4.69, 9.17) is 9.47 Å². The number of methoxy groups -OCH3 is 1. The van der Waals surface area contributed by atoms with Gasteiger partial charge < -0.3 is 9.47 Å². The Balaban J connectivity index is 2.14. The molecule has 0 unspecified atom stereocenters. The molecule has 0 aromatic heterocycles. The Morgan fingerprint density at radius 3 is 2.58 bits per heavy atom. The summed E-state index contributed by atoms with van der Waals surface area (Å²) in [5, 5.41) is 2.58. The van der Waals surface area contributed by atoms with Crippen LogP contribution in [0, 0.1) is 6.92 Å². The van der Waals surface area contributed by atoms with Crippen molar-refractivity contribution in [2.24, 2.45) is 0 Å². The fourth-order valence-electron chi connectivity index (χ4n) is 2.58. The first kappa shape index (κ1) is 12.8. The molecule has 2 aromatic carbocycles. The van der Waals surface area contributed by atoms with Crippen LogP contribution in [0.1, 0.15) is 5.56 Å². The lowest BCUT2D eigenvalue weighted by molar-refractivity contribution is 0.159. The first-order valence-electron chi connectivity index (χ1n) is 6.62. The molecule has 2 aromatic rings. The molecule has 3 rings (SSSR count). The minimum atomic E-state index is 0.320. The Labute approximate surface area is 117 Å². The van der Waals surface area contributed by atoms with Crippen molar-refractivity contribution in [1.29, 1.82) is 0 Å². The third-order valence-corrected chi connectivity index (χ3v) is 5.87. The van der Waals surface area contributed by atoms with E-state index in [1.807, 2.05) is 0 Å². The summed E-state index contributed by atoms with van der Waals surface area (Å²) in [7, 11) is 2.06. The van der Waals surface area contributed by atoms with Gasteiger partial charge in [-0.3, -0.25) is 0 Å². The van der Waals surface area contributed by atoms with Crippen molar-refractivity contribution in [1.82, 2.24) is 0 Å². The molecular formula is C16H19O2S+. The minimum Gasteiger partial charge on any atom is -0.496 e. The standard InChI is InChI=1S/C16H19O2S/c1-12-3-4-13-14(11-12)15(17-2)5-6-16(13)19-9-7-18-8-10-19/h3-6,11H,7-10H2,1-2H3/q+1. The molecule has 0 atom stereocenters. The summed E-state index contributed by atoms with van der Waals surface area (Å²) in [6, 6.07) is 11.0. The Bertz CT molecular complexity index is 589. The van der Waals surface area contributed by atoms with Crippen molar-refractivity contribution in [3.05, 3.63) is 35.9 Å². The van der Waals surface area contributed by atoms with E-state index in [0.717, 1.165) is 30.5 Å². The van der Waals surface area contributed by atoms with Crippen molar-refractivity contribution in [2.45, 2.75) is 11.8 Å². The maximum atomic E-state index is 5.50. The first-order chi connectivity index (χ1) is 9.29. The van der Waals surface area contributed by atoms with E-state index in [-0.39, 0.29) is 0 Å². The summed E-state index contributed by atoms with van der Waals surface area (Å²) in [6.07, 6.45) is 0. The predicted octanol–water partition coefficient (Wildman–Crippen LogP) is 3.16. The molecule has 2 nitrogen and oxygen atoms in total. The summed E-state index contributed by atoms with van der Waals surface area (Å²) < 4.78 is 11.0. The number of hydrogen-bond donors (Lipinski definition) is 0. The van der Waals surface area contributed by atoms with E-state index in [2.05, 4.69) is 37.3 Å². The van der Waals surface area contributed by atoms with E-state index >= 15 is 0 Å². The van der Waals surface area contributed by atoms with Crippen LogP contribution >= 0.6 is 0 Å². The SMILES string of the molecule is COc1ccc([S+]2CCOCC2)c2ccc(C)cc12. The van der Waals surface area contributed by atoms with Gasteiger partial charge in [-0.05, 0) is 31.2 Å². The van der Waals surface area contributed by atoms with Crippen LogP contribution < -0.4 is 4.74 Å². The second-order valence-electron chi connectivity index (χ2n) is 4.83. The first-order valence-corrected chi connectivity index (χ1v) is 8.18. The number of hydrogen-bond acceptors (Lipinski definition) is 2. The van der Waals surface area contributed by atoms with Gasteiger partial charge in [0.25, 0.3) is 0 Å². The molecule has 3 heteroatoms. The van der Waals surface area contributed by atoms with Crippen LogP contribution in [0.5, 0.6) is 5.75 Å². The highest BCUT2D eigenvalue weighted by atomic mass is 32.2. The van der Waals surface area contributed by atoms with E-state index < -0.39 is 0 Å². The monoisotopic (exact) mass is 275 g/mol. The van der Waals surface area contributed by atoms with E-state index in [1.165, 1.54) is 21.2 Å². The smallest absolute Gasteiger partial charge is 0.163 e. The molecule has 0 amide bonds. The fourth-order valence-corrected chi connectivity index (χ4v) is 4.61. The van der Waals surface area contributed by atoms with Crippen LogP contribution in [0.15, 0.2) is 35.2 Å². The zero-order chi connectivity index (χ0) is 13.2. The Morgan fingerprint density at radius 2 is 1.84 bits per heavy atom. The third-order valence-electron chi connectivity index (χ3n) is 3.57. The Kier molecular flexibility index (Phi) is 3.67. The van der Waals surface area contributed by atoms with Crippen LogP contribution in [-0.4, -0.2) is 31.8 Å². The van der Waals surface area contributed by atoms with Gasteiger partial charge in [-0.1, -0.05) is 11.6 Å². The summed E-state index contributed by atoms with van der Waals surface area (Å²) in [4.78, 5) is 1.47. The van der Waals surface area contributed by atoms with Gasteiger partial charge in [0.1, 0.15) is 17.3 Å². The lowest BCUT2D eigenvalue weighted by Crippen LogP contribution is -2.26. The van der Waals surface area contributed by atoms with Crippen LogP contribution in [-0.2, 0) is 15.6 Å². The molecule has 1 saturated heterocycles. The zero-order valence-corrected chi connectivity index (χ0v) is 12.3. The molecule has 0 radical (unpaired) electrons. The Hall–Kier alpha value is -1.19. The van der Waals surface area contributed by atoms with Crippen LogP contribution in [0.4, 0.5) is 0 Å². The Morgan fingerprint density at radius 1 is 1.05 bits per heavy atom. The highest BCUT2D eigenvalue weighted by Crippen LogP contribution is 2.33. The lowest BCUT2D eigenvalue weighted by atomic mass is 10.1. The van der Waals surface area contributed by atoms with Crippen molar-refractivity contribution in [3.63, 3.8) is 0 Å². The number of benzene rings is 2. The highest BCUT2D eigenvalue weighted by molar-refractivity contribution is 7.97. The van der Waals surface area contributed by atoms with Gasteiger partial charge >= 0.3 is 0 Å². The van der Waals surface area contributed by atoms with Gasteiger partial charge in [0.05, 0.1) is 20.3 Å². The van der Waals surface area contributed by atoms with Gasteiger partial charge in [-0.2, -0.15) is 0 Å². The summed E-state index contributed by atoms with van der Waals surface area (Å²) in [5.74, 6) is 3.27. The fraction of sp³-hybridized carbons (Fsp3) is 0.375. The highest BCUT2D eigenvalue weighted by Gasteiger charge is 2.27. The van der Waals surface area contributed by atoms with Crippen molar-refractivity contribution in [2.75, 3.05) is 31.8 Å². The third kappa shape index (κ3) is 2.45. The predicted molar refractivity (Wildman–Crippen MR) is 81.4 cm³/mol. The quantitative estimate of drug-likeness (QED) is 0.784. The molecule has 0 spiro atoms. The summed E-state index contributed by atoms with van der Waals surface area (Å²) in [5.41, 5.74) is 1.28. The molecule has 1 aliphatic heterocycles. The van der Waals surface area contributed by atoms with E-state index in [1.54, 1.807) is 7.11 Å². The van der Waals surface area contributed by atoms with Gasteiger partial charge in [0, 0.05) is 21.7 Å². The molecule has 1 heterocycles. The average molecular weight is 275 g/mol. The molecule has 0 N–H and O–H groups in total. The number of fused-ring (bicyclic) bond motifs is 1. The van der Waals surface area contributed by atoms with Crippen LogP contribution in [0.25, 0.3) is 10.8 Å². The van der Waals surface area contributed by atoms with Gasteiger partial charge in [-0.15, -0.1) is 0 Å². The molecule has 0 bridgehead atoms. The molecule has 0 saturated carbocycles. The molecule has 1 fully saturated rings. The summed E-state index contributed by atoms with van der Waals surface area (Å²) >= 11 is 0. The van der Waals surface area contributed by atoms with Crippen molar-refractivity contribution >= 4 is 21.7 Å². The molecule has 1 aliphatic rings. The van der Waals surface area contributed by atoms with Crippen molar-refractivity contribution in [3.8, 4) is 5.75 Å². The maximum absolute atomic E-state index is 5.50. The second-order valence-corrected chi connectivity index (χ2v) is 7.07. The van der Waals surface area contributed by atoms with Crippen LogP contribution in [0.2, 0.25) is 0 Å². The molecule has 0 aliphatic carbocycles. The van der Waals surface area contributed by atoms with Crippen LogP contribution in [0.3, 0.4) is 0 Å². The average Bonchev–Trinajstić information content (AvgIpc) is 2.47. The maximum Gasteiger partial charge on any atom is 0.163 e. The van der Waals surface area contributed by atoms with Gasteiger partial charge in [0.2, 0.25) is 0 Å². The van der Waals surface area contributed by atoms with E-state index in [0.29, 0.717) is 10.9 Å². The number of rotatable bonds is 2. The van der Waals surface area contributed by atoms with E-state index in [9.17, 15) is 0 Å². The molecule has 19 heavy (non-hydrogen) atoms. The normalized spacial score (nSPS) is 16.7. The van der Waals surface area contributed by atoms with Crippen molar-refractivity contribution < 1.29 is 9.47 Å². The molecule has 100 valence electrons. The summed E-state index contributed by atoms with van der Waals surface area (Å²) in [6.45, 7) is 3.91. The largest absolute Gasteiger partial charge is 0.496 e. The minimum absolute atomic E-state index is 0.320. The van der Waals surface area contributed by atoms with Gasteiger partial charge in [0.15, 0.2) is 4.90 Å². The topological polar surface area (TPSA) is 18.5 Å². The number of ether oxygens (including phenoxy) is 2. The van der Waals surface area contributed by atoms with Gasteiger partial charge in [-0.25, -0.2) is 0 Å². The zero-order valence-electron chi connectivity index (χ0n) is 11.4. The number of aryl methyl sites for hydroxylation is 1.